The van der Waals surface area contributed by atoms with Crippen LogP contribution < -0.4 is 10.0 Å². The summed E-state index contributed by atoms with van der Waals surface area (Å²) in [7, 11) is -2.52. The Morgan fingerprint density at radius 2 is 1.97 bits per heavy atom. The van der Waals surface area contributed by atoms with Crippen molar-refractivity contribution in [2.24, 2.45) is 7.05 Å². The van der Waals surface area contributed by atoms with Crippen LogP contribution in [0.15, 0.2) is 23.1 Å². The first-order valence-corrected chi connectivity index (χ1v) is 11.9. The highest BCUT2D eigenvalue weighted by Gasteiger charge is 2.31. The zero-order valence-corrected chi connectivity index (χ0v) is 19.7. The lowest BCUT2D eigenvalue weighted by Gasteiger charge is -2.09. The van der Waals surface area contributed by atoms with Gasteiger partial charge >= 0.3 is 5.97 Å². The predicted octanol–water partition coefficient (Wildman–Crippen LogP) is 3.00. The van der Waals surface area contributed by atoms with Crippen molar-refractivity contribution in [3.05, 3.63) is 40.2 Å². The Morgan fingerprint density at radius 1 is 1.26 bits per heavy atom. The summed E-state index contributed by atoms with van der Waals surface area (Å²) in [6.45, 7) is 4.42. The molecule has 0 unspecified atom stereocenters. The van der Waals surface area contributed by atoms with Gasteiger partial charge in [0.1, 0.15) is 10.5 Å². The third-order valence-corrected chi connectivity index (χ3v) is 7.42. The molecule has 0 aliphatic heterocycles. The van der Waals surface area contributed by atoms with E-state index in [0.29, 0.717) is 27.1 Å². The van der Waals surface area contributed by atoms with E-state index in [9.17, 15) is 18.0 Å². The van der Waals surface area contributed by atoms with E-state index >= 15 is 0 Å². The largest absolute Gasteiger partial charge is 0.462 e. The molecular weight excluding hydrogens is 464 g/mol. The Morgan fingerprint density at radius 3 is 2.65 bits per heavy atom. The fourth-order valence-electron chi connectivity index (χ4n) is 3.04. The first-order valence-electron chi connectivity index (χ1n) is 9.23. The number of sulfonamides is 1. The molecule has 12 heteroatoms. The molecule has 0 bridgehead atoms. The Bertz CT molecular complexity index is 1280. The molecule has 2 heterocycles. The third-order valence-electron chi connectivity index (χ3n) is 4.69. The van der Waals surface area contributed by atoms with Gasteiger partial charge in [0.05, 0.1) is 23.4 Å². The second-order valence-electron chi connectivity index (χ2n) is 6.66. The Hall–Kier alpha value is -2.47. The quantitative estimate of drug-likeness (QED) is 0.497. The van der Waals surface area contributed by atoms with Crippen molar-refractivity contribution >= 4 is 60.2 Å². The normalized spacial score (nSPS) is 11.6. The molecule has 9 nitrogen and oxygen atoms in total. The molecule has 2 N–H and O–H groups in total. The standard InChI is InChI=1S/C19H21ClN4O5S2/c1-5-29-18(26)16-10(2)24(4)11(3)17(16)31(27,28)21-9-15(25)23-19-22-13-7-6-12(20)8-14(13)30-19/h6-8,21H,5,9H2,1-4H3,(H,22,23,25). The summed E-state index contributed by atoms with van der Waals surface area (Å²) in [5.41, 5.74) is 1.43. The van der Waals surface area contributed by atoms with E-state index < -0.39 is 28.4 Å². The maximum atomic E-state index is 12.9. The van der Waals surface area contributed by atoms with Crippen LogP contribution in [-0.2, 0) is 26.6 Å². The smallest absolute Gasteiger partial charge is 0.341 e. The van der Waals surface area contributed by atoms with Crippen molar-refractivity contribution in [1.29, 1.82) is 0 Å². The summed E-state index contributed by atoms with van der Waals surface area (Å²) in [5.74, 6) is -1.33. The van der Waals surface area contributed by atoms with Gasteiger partial charge in [0, 0.05) is 23.5 Å². The van der Waals surface area contributed by atoms with Gasteiger partial charge in [0.15, 0.2) is 5.13 Å². The van der Waals surface area contributed by atoms with Gasteiger partial charge in [-0.1, -0.05) is 22.9 Å². The molecule has 0 saturated heterocycles. The summed E-state index contributed by atoms with van der Waals surface area (Å²) in [6, 6.07) is 5.14. The van der Waals surface area contributed by atoms with Gasteiger partial charge in [0.25, 0.3) is 0 Å². The summed E-state index contributed by atoms with van der Waals surface area (Å²) >= 11 is 7.17. The monoisotopic (exact) mass is 484 g/mol. The Kier molecular flexibility index (Phi) is 6.70. The van der Waals surface area contributed by atoms with Gasteiger partial charge in [0.2, 0.25) is 15.9 Å². The molecule has 1 aromatic carbocycles. The highest BCUT2D eigenvalue weighted by molar-refractivity contribution is 7.89. The molecule has 0 aliphatic carbocycles. The number of hydrogen-bond acceptors (Lipinski definition) is 7. The number of fused-ring (bicyclic) bond motifs is 1. The molecule has 0 spiro atoms. The lowest BCUT2D eigenvalue weighted by molar-refractivity contribution is -0.115. The van der Waals surface area contributed by atoms with Crippen LogP contribution in [0.2, 0.25) is 5.02 Å². The van der Waals surface area contributed by atoms with Crippen LogP contribution >= 0.6 is 22.9 Å². The molecule has 0 fully saturated rings. The van der Waals surface area contributed by atoms with Crippen LogP contribution in [0.3, 0.4) is 0 Å². The number of carbonyl (C=O) groups excluding carboxylic acids is 2. The minimum Gasteiger partial charge on any atom is -0.462 e. The molecule has 0 saturated carbocycles. The maximum absolute atomic E-state index is 12.9. The van der Waals surface area contributed by atoms with E-state index in [1.54, 1.807) is 50.6 Å². The molecule has 2 aromatic heterocycles. The SMILES string of the molecule is CCOC(=O)c1c(S(=O)(=O)NCC(=O)Nc2nc3ccc(Cl)cc3s2)c(C)n(C)c1C. The van der Waals surface area contributed by atoms with Crippen molar-refractivity contribution in [2.75, 3.05) is 18.5 Å². The number of rotatable bonds is 7. The van der Waals surface area contributed by atoms with Crippen molar-refractivity contribution < 1.29 is 22.7 Å². The van der Waals surface area contributed by atoms with Gasteiger partial charge in [-0.25, -0.2) is 22.9 Å². The molecule has 0 atom stereocenters. The first kappa shape index (κ1) is 23.2. The summed E-state index contributed by atoms with van der Waals surface area (Å²) in [6.07, 6.45) is 0. The lowest BCUT2D eigenvalue weighted by Crippen LogP contribution is -2.33. The number of thiazole rings is 1. The van der Waals surface area contributed by atoms with Crippen molar-refractivity contribution in [3.8, 4) is 0 Å². The average molecular weight is 485 g/mol. The van der Waals surface area contributed by atoms with Crippen LogP contribution in [0.1, 0.15) is 28.7 Å². The van der Waals surface area contributed by atoms with Crippen molar-refractivity contribution in [1.82, 2.24) is 14.3 Å². The number of esters is 1. The summed E-state index contributed by atoms with van der Waals surface area (Å²) in [4.78, 5) is 28.8. The van der Waals surface area contributed by atoms with E-state index in [1.165, 1.54) is 11.3 Å². The number of halogens is 1. The number of hydrogen-bond donors (Lipinski definition) is 2. The van der Waals surface area contributed by atoms with Gasteiger partial charge in [-0.15, -0.1) is 0 Å². The van der Waals surface area contributed by atoms with Crippen LogP contribution in [0.25, 0.3) is 10.2 Å². The zero-order valence-electron chi connectivity index (χ0n) is 17.3. The molecule has 0 radical (unpaired) electrons. The molecule has 3 rings (SSSR count). The highest BCUT2D eigenvalue weighted by atomic mass is 35.5. The summed E-state index contributed by atoms with van der Waals surface area (Å²) in [5, 5.41) is 3.43. The summed E-state index contributed by atoms with van der Waals surface area (Å²) < 4.78 is 35.5. The molecule has 3 aromatic rings. The first-order chi connectivity index (χ1) is 14.5. The predicted molar refractivity (Wildman–Crippen MR) is 119 cm³/mol. The number of nitrogens with zero attached hydrogens (tertiary/aromatic N) is 2. The van der Waals surface area contributed by atoms with Crippen LogP contribution in [-0.4, -0.2) is 43.0 Å². The second-order valence-corrected chi connectivity index (χ2v) is 9.83. The topological polar surface area (TPSA) is 119 Å². The van der Waals surface area contributed by atoms with Crippen LogP contribution in [0, 0.1) is 13.8 Å². The fourth-order valence-corrected chi connectivity index (χ4v) is 5.69. The molecule has 0 aliphatic rings. The minimum atomic E-state index is -4.17. The molecule has 31 heavy (non-hydrogen) atoms. The van der Waals surface area contributed by atoms with Gasteiger partial charge in [-0.05, 0) is 39.0 Å². The van der Waals surface area contributed by atoms with E-state index in [1.807, 2.05) is 0 Å². The second kappa shape index (κ2) is 8.95. The molecule has 166 valence electrons. The van der Waals surface area contributed by atoms with Gasteiger partial charge in [-0.2, -0.15) is 0 Å². The third kappa shape index (κ3) is 4.74. The van der Waals surface area contributed by atoms with Crippen molar-refractivity contribution in [2.45, 2.75) is 25.7 Å². The van der Waals surface area contributed by atoms with Crippen LogP contribution in [0.5, 0.6) is 0 Å². The van der Waals surface area contributed by atoms with Gasteiger partial charge in [-0.3, -0.25) is 4.79 Å². The zero-order chi connectivity index (χ0) is 22.9. The van der Waals surface area contributed by atoms with E-state index in [0.717, 1.165) is 4.70 Å². The number of benzene rings is 1. The van der Waals surface area contributed by atoms with Crippen LogP contribution in [0.4, 0.5) is 5.13 Å². The fraction of sp³-hybridized carbons (Fsp3) is 0.316. The van der Waals surface area contributed by atoms with Gasteiger partial charge < -0.3 is 14.6 Å². The van der Waals surface area contributed by atoms with Crippen molar-refractivity contribution in [3.63, 3.8) is 0 Å². The number of amides is 1. The number of anilines is 1. The molecular formula is C19H21ClN4O5S2. The number of nitrogens with one attached hydrogen (secondary N) is 2. The van der Waals surface area contributed by atoms with E-state index in [4.69, 9.17) is 16.3 Å². The number of aromatic nitrogens is 2. The number of carbonyl (C=O) groups is 2. The average Bonchev–Trinajstić information content (AvgIpc) is 3.19. The molecule has 1 amide bonds. The maximum Gasteiger partial charge on any atom is 0.341 e. The Labute approximate surface area is 188 Å². The van der Waals surface area contributed by atoms with E-state index in [-0.39, 0.29) is 17.1 Å². The Balaban J connectivity index is 1.78. The van der Waals surface area contributed by atoms with E-state index in [2.05, 4.69) is 15.0 Å². The number of ether oxygens (including phenoxy) is 1. The highest BCUT2D eigenvalue weighted by Crippen LogP contribution is 2.29. The lowest BCUT2D eigenvalue weighted by atomic mass is 10.2. The minimum absolute atomic E-state index is 0.0437.